The summed E-state index contributed by atoms with van der Waals surface area (Å²) in [5.41, 5.74) is 0.682. The van der Waals surface area contributed by atoms with Crippen LogP contribution in [0.4, 0.5) is 0 Å². The second kappa shape index (κ2) is 8.64. The fraction of sp³-hybridized carbons (Fsp3) is 0.900. The van der Waals surface area contributed by atoms with Crippen LogP contribution in [0.2, 0.25) is 0 Å². The highest BCUT2D eigenvalue weighted by molar-refractivity contribution is 5.99. The first-order valence-electron chi connectivity index (χ1n) is 14.0. The van der Waals surface area contributed by atoms with E-state index >= 15 is 0 Å². The minimum atomic E-state index is -1.47. The number of aliphatic hydroxyl groups excluding tert-OH is 3. The van der Waals surface area contributed by atoms with Gasteiger partial charge in [0.25, 0.3) is 0 Å². The highest BCUT2D eigenvalue weighted by Crippen LogP contribution is 2.71. The quantitative estimate of drug-likeness (QED) is 0.429. The van der Waals surface area contributed by atoms with Crippen LogP contribution in [0.3, 0.4) is 0 Å². The van der Waals surface area contributed by atoms with E-state index < -0.39 is 18.3 Å². The maximum absolute atomic E-state index is 13.9. The molecule has 4 rings (SSSR count). The van der Waals surface area contributed by atoms with E-state index in [9.17, 15) is 25.2 Å². The number of ketones is 1. The molecule has 3 unspecified atom stereocenters. The van der Waals surface area contributed by atoms with E-state index in [4.69, 9.17) is 0 Å². The number of carbonyl (C=O) groups is 1. The second-order valence-corrected chi connectivity index (χ2v) is 14.3. The fourth-order valence-electron chi connectivity index (χ4n) is 9.34. The molecule has 5 heteroatoms. The molecule has 0 bridgehead atoms. The van der Waals surface area contributed by atoms with Crippen molar-refractivity contribution in [2.45, 2.75) is 124 Å². The molecule has 200 valence electrons. The summed E-state index contributed by atoms with van der Waals surface area (Å²) in [7, 11) is 0. The summed E-state index contributed by atoms with van der Waals surface area (Å²) >= 11 is 0. The average Bonchev–Trinajstić information content (AvgIpc) is 3.07. The Balaban J connectivity index is 1.63. The summed E-state index contributed by atoms with van der Waals surface area (Å²) in [5, 5.41) is 40.8. The van der Waals surface area contributed by atoms with Crippen LogP contribution < -0.4 is 0 Å². The second-order valence-electron chi connectivity index (χ2n) is 14.3. The molecule has 0 amide bonds. The number of fused-ring (bicyclic) bond motifs is 4. The lowest BCUT2D eigenvalue weighted by Gasteiger charge is -2.61. The first-order valence-corrected chi connectivity index (χ1v) is 14.0. The van der Waals surface area contributed by atoms with Gasteiger partial charge in [-0.2, -0.15) is 0 Å². The molecule has 0 aromatic rings. The van der Waals surface area contributed by atoms with Gasteiger partial charge in [0, 0.05) is 17.4 Å². The van der Waals surface area contributed by atoms with E-state index in [-0.39, 0.29) is 33.7 Å². The van der Waals surface area contributed by atoms with Crippen LogP contribution in [0.5, 0.6) is 0 Å². The highest BCUT2D eigenvalue weighted by atomic mass is 16.4. The van der Waals surface area contributed by atoms with Crippen molar-refractivity contribution < 1.29 is 25.2 Å². The Kier molecular flexibility index (Phi) is 6.74. The predicted octanol–water partition coefficient (Wildman–Crippen LogP) is 4.80. The number of hydrogen-bond donors (Lipinski definition) is 4. The summed E-state index contributed by atoms with van der Waals surface area (Å²) in [6.45, 7) is 14.7. The van der Waals surface area contributed by atoms with E-state index in [0.29, 0.717) is 30.5 Å². The maximum Gasteiger partial charge on any atom is 0.159 e. The zero-order valence-electron chi connectivity index (χ0n) is 23.2. The zero-order valence-corrected chi connectivity index (χ0v) is 23.2. The molecule has 0 spiro atoms. The lowest BCUT2D eigenvalue weighted by Crippen LogP contribution is -2.57. The van der Waals surface area contributed by atoms with Crippen molar-refractivity contribution in [3.8, 4) is 0 Å². The summed E-state index contributed by atoms with van der Waals surface area (Å²) < 4.78 is 0. The third kappa shape index (κ3) is 3.82. The van der Waals surface area contributed by atoms with Gasteiger partial charge >= 0.3 is 0 Å². The van der Waals surface area contributed by atoms with Crippen molar-refractivity contribution in [3.05, 3.63) is 11.1 Å². The van der Waals surface area contributed by atoms with Crippen LogP contribution in [-0.4, -0.2) is 50.6 Å². The maximum atomic E-state index is 13.9. The minimum absolute atomic E-state index is 0.0139. The van der Waals surface area contributed by atoms with Gasteiger partial charge in [0.1, 0.15) is 5.60 Å². The van der Waals surface area contributed by atoms with Crippen LogP contribution >= 0.6 is 0 Å². The highest BCUT2D eigenvalue weighted by Gasteiger charge is 2.65. The molecule has 9 atom stereocenters. The van der Waals surface area contributed by atoms with Crippen molar-refractivity contribution in [3.63, 3.8) is 0 Å². The first kappa shape index (κ1) is 27.3. The number of rotatable bonds is 6. The molecular weight excluding hydrogens is 440 g/mol. The average molecular weight is 491 g/mol. The molecule has 4 N–H and O–H groups in total. The predicted molar refractivity (Wildman–Crippen MR) is 138 cm³/mol. The zero-order chi connectivity index (χ0) is 26.2. The van der Waals surface area contributed by atoms with Crippen molar-refractivity contribution in [1.29, 1.82) is 0 Å². The molecule has 35 heavy (non-hydrogen) atoms. The van der Waals surface area contributed by atoms with E-state index in [2.05, 4.69) is 41.5 Å². The number of hydrogen-bond acceptors (Lipinski definition) is 5. The molecule has 5 nitrogen and oxygen atoms in total. The molecule has 2 saturated carbocycles. The van der Waals surface area contributed by atoms with Crippen molar-refractivity contribution in [2.24, 2.45) is 39.4 Å². The van der Waals surface area contributed by atoms with Crippen molar-refractivity contribution >= 4 is 5.78 Å². The molecule has 0 heterocycles. The van der Waals surface area contributed by atoms with Gasteiger partial charge in [-0.25, -0.2) is 0 Å². The van der Waals surface area contributed by atoms with Crippen LogP contribution in [-0.2, 0) is 4.79 Å². The van der Waals surface area contributed by atoms with Gasteiger partial charge in [0.2, 0.25) is 0 Å². The van der Waals surface area contributed by atoms with Crippen LogP contribution in [0.15, 0.2) is 11.1 Å². The fourth-order valence-corrected chi connectivity index (χ4v) is 9.34. The van der Waals surface area contributed by atoms with Crippen LogP contribution in [0.1, 0.15) is 106 Å². The van der Waals surface area contributed by atoms with Crippen molar-refractivity contribution in [2.75, 3.05) is 6.61 Å². The molecule has 4 aliphatic rings. The smallest absolute Gasteiger partial charge is 0.159 e. The monoisotopic (exact) mass is 490 g/mol. The largest absolute Gasteiger partial charge is 0.393 e. The van der Waals surface area contributed by atoms with Gasteiger partial charge < -0.3 is 20.4 Å². The third-order valence-electron chi connectivity index (χ3n) is 12.2. The van der Waals surface area contributed by atoms with Gasteiger partial charge in [-0.05, 0) is 92.3 Å². The molecule has 0 aliphatic heterocycles. The molecule has 4 aliphatic carbocycles. The van der Waals surface area contributed by atoms with Crippen molar-refractivity contribution in [1.82, 2.24) is 0 Å². The Labute approximate surface area is 212 Å². The summed E-state index contributed by atoms with van der Waals surface area (Å²) in [6.07, 6.45) is 6.42. The summed E-state index contributed by atoms with van der Waals surface area (Å²) in [5.74, 6) is 1.32. The Hall–Kier alpha value is -0.750. The SMILES string of the molecule is C[C@H](CCC(O)C(C)(O)CO)[C@H]1CC[C@@]2(C)C3=C(CC[C@]12C)[C@@]1(C)CCC(O)C(C)(C)[C@@H]1CC3=O. The van der Waals surface area contributed by atoms with Crippen LogP contribution in [0, 0.1) is 39.4 Å². The number of aliphatic hydroxyl groups is 4. The summed E-state index contributed by atoms with van der Waals surface area (Å²) in [4.78, 5) is 13.9. The molecule has 2 fully saturated rings. The number of allylic oxidation sites excluding steroid dienone is 2. The number of carbonyl (C=O) groups excluding carboxylic acids is 1. The van der Waals surface area contributed by atoms with E-state index in [1.807, 2.05) is 0 Å². The third-order valence-corrected chi connectivity index (χ3v) is 12.2. The Bertz CT molecular complexity index is 889. The topological polar surface area (TPSA) is 98.0 Å². The molecule has 0 aromatic carbocycles. The van der Waals surface area contributed by atoms with E-state index in [1.54, 1.807) is 0 Å². The molecule has 0 radical (unpaired) electrons. The Morgan fingerprint density at radius 2 is 1.71 bits per heavy atom. The minimum Gasteiger partial charge on any atom is -0.393 e. The van der Waals surface area contributed by atoms with Gasteiger partial charge in [0.05, 0.1) is 18.8 Å². The summed E-state index contributed by atoms with van der Waals surface area (Å²) in [6, 6.07) is 0. The molecule has 0 aromatic heterocycles. The first-order chi connectivity index (χ1) is 16.1. The normalized spacial score (nSPS) is 44.2. The number of Topliss-reactive ketones (excluding diaryl/α,β-unsaturated/α-hetero) is 1. The lowest BCUT2D eigenvalue weighted by atomic mass is 9.43. The van der Waals surface area contributed by atoms with Gasteiger partial charge in [0.15, 0.2) is 5.78 Å². The van der Waals surface area contributed by atoms with E-state index in [1.165, 1.54) is 12.5 Å². The Morgan fingerprint density at radius 3 is 2.34 bits per heavy atom. The Morgan fingerprint density at radius 1 is 1.06 bits per heavy atom. The molecular formula is C30H50O5. The molecule has 0 saturated heterocycles. The standard InChI is InChI=1S/C30H50O5/c1-18(8-9-24(34)30(7,35)17-31)19-10-15-29(6)25-20(11-14-28(19,29)5)27(4)13-12-23(33)26(2,3)22(27)16-21(25)32/h18-19,22-24,31,33-35H,8-17H2,1-7H3/t18-,19-,22+,23?,24?,27-,28-,29+,30?/m1/s1. The lowest BCUT2D eigenvalue weighted by molar-refractivity contribution is -0.134. The van der Waals surface area contributed by atoms with Crippen LogP contribution in [0.25, 0.3) is 0 Å². The van der Waals surface area contributed by atoms with Gasteiger partial charge in [-0.15, -0.1) is 0 Å². The van der Waals surface area contributed by atoms with Gasteiger partial charge in [-0.1, -0.05) is 47.1 Å². The van der Waals surface area contributed by atoms with E-state index in [0.717, 1.165) is 50.5 Å². The van der Waals surface area contributed by atoms with Gasteiger partial charge in [-0.3, -0.25) is 4.79 Å².